The molecule has 0 saturated heterocycles. The van der Waals surface area contributed by atoms with E-state index in [1.54, 1.807) is 19.1 Å². The molecule has 0 N–H and O–H groups in total. The predicted octanol–water partition coefficient (Wildman–Crippen LogP) is 3.96. The Hall–Kier alpha value is -3.48. The summed E-state index contributed by atoms with van der Waals surface area (Å²) in [5.74, 6) is -0.514. The molecule has 3 rings (SSSR count). The summed E-state index contributed by atoms with van der Waals surface area (Å²) in [4.78, 5) is 35.0. The van der Waals surface area contributed by atoms with Gasteiger partial charge in [-0.05, 0) is 38.0 Å². The molecular formula is C21H20N2O5. The van der Waals surface area contributed by atoms with E-state index in [1.165, 1.54) is 18.2 Å². The molecule has 0 aliphatic carbocycles. The molecule has 0 aliphatic heterocycles. The maximum absolute atomic E-state index is 13.0. The monoisotopic (exact) mass is 380 g/mol. The number of fused-ring (bicyclic) bond motifs is 1. The van der Waals surface area contributed by atoms with Gasteiger partial charge < -0.3 is 9.14 Å². The Morgan fingerprint density at radius 2 is 1.96 bits per heavy atom. The third-order valence-electron chi connectivity index (χ3n) is 4.44. The molecule has 0 aliphatic rings. The number of aryl methyl sites for hydroxylation is 1. The first-order valence-corrected chi connectivity index (χ1v) is 9.05. The van der Waals surface area contributed by atoms with Crippen molar-refractivity contribution in [1.82, 2.24) is 4.40 Å². The number of nitro groups is 1. The fraction of sp³-hybridized carbons (Fsp3) is 0.238. The maximum Gasteiger partial charge on any atom is 0.305 e. The van der Waals surface area contributed by atoms with Gasteiger partial charge in [0.15, 0.2) is 5.78 Å². The molecule has 144 valence electrons. The van der Waals surface area contributed by atoms with E-state index in [2.05, 4.69) is 0 Å². The summed E-state index contributed by atoms with van der Waals surface area (Å²) in [5, 5.41) is 11.0. The summed E-state index contributed by atoms with van der Waals surface area (Å²) < 4.78 is 6.86. The van der Waals surface area contributed by atoms with Crippen molar-refractivity contribution in [2.45, 2.75) is 26.2 Å². The van der Waals surface area contributed by atoms with E-state index in [0.29, 0.717) is 31.4 Å². The van der Waals surface area contributed by atoms with Crippen molar-refractivity contribution in [2.24, 2.45) is 0 Å². The molecular weight excluding hydrogens is 360 g/mol. The summed E-state index contributed by atoms with van der Waals surface area (Å²) in [6, 6.07) is 13.0. The lowest BCUT2D eigenvalue weighted by Crippen LogP contribution is -2.04. The van der Waals surface area contributed by atoms with Crippen LogP contribution in [0.1, 0.15) is 41.4 Å². The van der Waals surface area contributed by atoms with Gasteiger partial charge in [-0.3, -0.25) is 19.7 Å². The number of benzene rings is 1. The summed E-state index contributed by atoms with van der Waals surface area (Å²) in [7, 11) is 0. The lowest BCUT2D eigenvalue weighted by atomic mass is 10.0. The standard InChI is InChI=1S/C21H20N2O5/c1-2-28-20(24)11-6-8-16-14-18(19-10-3-4-12-22(16)19)21(25)15-7-5-9-17(13-15)23(26)27/h3-5,7,9-10,12-14H,2,6,8,11H2,1H3. The van der Waals surface area contributed by atoms with Crippen LogP contribution in [-0.4, -0.2) is 27.7 Å². The quantitative estimate of drug-likeness (QED) is 0.255. The van der Waals surface area contributed by atoms with E-state index in [-0.39, 0.29) is 23.0 Å². The predicted molar refractivity (Wildman–Crippen MR) is 103 cm³/mol. The van der Waals surface area contributed by atoms with Crippen molar-refractivity contribution in [3.05, 3.63) is 81.7 Å². The lowest BCUT2D eigenvalue weighted by molar-refractivity contribution is -0.384. The molecule has 0 amide bonds. The molecule has 2 heterocycles. The van der Waals surface area contributed by atoms with E-state index in [4.69, 9.17) is 4.74 Å². The molecule has 0 spiro atoms. The Kier molecular flexibility index (Phi) is 5.84. The van der Waals surface area contributed by atoms with Crippen molar-refractivity contribution in [2.75, 3.05) is 6.61 Å². The van der Waals surface area contributed by atoms with E-state index in [9.17, 15) is 19.7 Å². The highest BCUT2D eigenvalue weighted by molar-refractivity contribution is 6.13. The zero-order valence-corrected chi connectivity index (χ0v) is 15.5. The zero-order chi connectivity index (χ0) is 20.1. The van der Waals surface area contributed by atoms with Crippen molar-refractivity contribution in [3.63, 3.8) is 0 Å². The SMILES string of the molecule is CCOC(=O)CCCc1cc(C(=O)c2cccc([N+](=O)[O-])c2)c2ccccn12. The Labute approximate surface area is 161 Å². The second-order valence-corrected chi connectivity index (χ2v) is 6.30. The van der Waals surface area contributed by atoms with Crippen molar-refractivity contribution >= 4 is 23.0 Å². The molecule has 0 radical (unpaired) electrons. The van der Waals surface area contributed by atoms with Gasteiger partial charge in [-0.2, -0.15) is 0 Å². The van der Waals surface area contributed by atoms with Gasteiger partial charge in [0.2, 0.25) is 0 Å². The van der Waals surface area contributed by atoms with Crippen LogP contribution >= 0.6 is 0 Å². The minimum Gasteiger partial charge on any atom is -0.466 e. The molecule has 1 aromatic carbocycles. The molecule has 28 heavy (non-hydrogen) atoms. The number of ether oxygens (including phenoxy) is 1. The molecule has 0 fully saturated rings. The van der Waals surface area contributed by atoms with E-state index >= 15 is 0 Å². The van der Waals surface area contributed by atoms with Crippen LogP contribution in [0.25, 0.3) is 5.52 Å². The number of hydrogen-bond donors (Lipinski definition) is 0. The van der Waals surface area contributed by atoms with Gasteiger partial charge in [-0.1, -0.05) is 18.2 Å². The number of rotatable bonds is 8. The van der Waals surface area contributed by atoms with Gasteiger partial charge in [0, 0.05) is 41.6 Å². The van der Waals surface area contributed by atoms with Gasteiger partial charge in [0.25, 0.3) is 5.69 Å². The van der Waals surface area contributed by atoms with Gasteiger partial charge >= 0.3 is 5.97 Å². The van der Waals surface area contributed by atoms with Gasteiger partial charge in [0.1, 0.15) is 0 Å². The van der Waals surface area contributed by atoms with Crippen LogP contribution in [0.4, 0.5) is 5.69 Å². The fourth-order valence-electron chi connectivity index (χ4n) is 3.16. The van der Waals surface area contributed by atoms with Crippen LogP contribution < -0.4 is 0 Å². The number of esters is 1. The molecule has 0 unspecified atom stereocenters. The number of non-ortho nitro benzene ring substituents is 1. The van der Waals surface area contributed by atoms with Crippen LogP contribution in [0.15, 0.2) is 54.7 Å². The number of nitrogens with zero attached hydrogens (tertiary/aromatic N) is 2. The summed E-state index contributed by atoms with van der Waals surface area (Å²) in [5.41, 5.74) is 2.25. The normalized spacial score (nSPS) is 10.8. The first kappa shape index (κ1) is 19.3. The number of pyridine rings is 1. The molecule has 2 aromatic heterocycles. The first-order valence-electron chi connectivity index (χ1n) is 9.05. The highest BCUT2D eigenvalue weighted by Crippen LogP contribution is 2.23. The Morgan fingerprint density at radius 1 is 1.14 bits per heavy atom. The van der Waals surface area contributed by atoms with Gasteiger partial charge in [0.05, 0.1) is 17.0 Å². The van der Waals surface area contributed by atoms with Crippen LogP contribution in [0.2, 0.25) is 0 Å². The van der Waals surface area contributed by atoms with E-state index in [0.717, 1.165) is 11.2 Å². The number of hydrogen-bond acceptors (Lipinski definition) is 5. The zero-order valence-electron chi connectivity index (χ0n) is 15.5. The van der Waals surface area contributed by atoms with Crippen molar-refractivity contribution < 1.29 is 19.2 Å². The molecule has 0 bridgehead atoms. The molecule has 7 heteroatoms. The number of aromatic nitrogens is 1. The van der Waals surface area contributed by atoms with E-state index in [1.807, 2.05) is 28.8 Å². The number of ketones is 1. The highest BCUT2D eigenvalue weighted by atomic mass is 16.6. The smallest absolute Gasteiger partial charge is 0.305 e. The van der Waals surface area contributed by atoms with E-state index < -0.39 is 4.92 Å². The number of carbonyl (C=O) groups is 2. The molecule has 7 nitrogen and oxygen atoms in total. The molecule has 0 saturated carbocycles. The van der Waals surface area contributed by atoms with Crippen LogP contribution in [-0.2, 0) is 16.0 Å². The maximum atomic E-state index is 13.0. The van der Waals surface area contributed by atoms with Crippen LogP contribution in [0, 0.1) is 10.1 Å². The third kappa shape index (κ3) is 4.09. The summed E-state index contributed by atoms with van der Waals surface area (Å²) >= 11 is 0. The summed E-state index contributed by atoms with van der Waals surface area (Å²) in [6.07, 6.45) is 3.37. The Morgan fingerprint density at radius 3 is 2.71 bits per heavy atom. The summed E-state index contributed by atoms with van der Waals surface area (Å²) in [6.45, 7) is 2.12. The largest absolute Gasteiger partial charge is 0.466 e. The van der Waals surface area contributed by atoms with Gasteiger partial charge in [-0.15, -0.1) is 0 Å². The van der Waals surface area contributed by atoms with Crippen molar-refractivity contribution in [1.29, 1.82) is 0 Å². The second-order valence-electron chi connectivity index (χ2n) is 6.30. The second kappa shape index (κ2) is 8.47. The van der Waals surface area contributed by atoms with Crippen LogP contribution in [0.5, 0.6) is 0 Å². The average molecular weight is 380 g/mol. The van der Waals surface area contributed by atoms with Crippen molar-refractivity contribution in [3.8, 4) is 0 Å². The minimum atomic E-state index is -0.518. The first-order chi connectivity index (χ1) is 13.5. The number of carbonyl (C=O) groups excluding carboxylic acids is 2. The topological polar surface area (TPSA) is 90.9 Å². The molecule has 0 atom stereocenters. The fourth-order valence-corrected chi connectivity index (χ4v) is 3.16. The minimum absolute atomic E-state index is 0.121. The van der Waals surface area contributed by atoms with Gasteiger partial charge in [-0.25, -0.2) is 0 Å². The average Bonchev–Trinajstić information content (AvgIpc) is 3.06. The van der Waals surface area contributed by atoms with Crippen LogP contribution in [0.3, 0.4) is 0 Å². The third-order valence-corrected chi connectivity index (χ3v) is 4.44. The highest BCUT2D eigenvalue weighted by Gasteiger charge is 2.19. The Balaban J connectivity index is 1.89. The molecule has 3 aromatic rings. The lowest BCUT2D eigenvalue weighted by Gasteiger charge is -2.03. The number of nitro benzene ring substituents is 1. The Bertz CT molecular complexity index is 1040.